The lowest BCUT2D eigenvalue weighted by Gasteiger charge is -2.36. The van der Waals surface area contributed by atoms with E-state index in [-0.39, 0.29) is 5.41 Å². The van der Waals surface area contributed by atoms with Gasteiger partial charge in [-0.05, 0) is 43.9 Å². The van der Waals surface area contributed by atoms with Gasteiger partial charge in [0.25, 0.3) is 0 Å². The summed E-state index contributed by atoms with van der Waals surface area (Å²) in [5, 5.41) is 0.768. The first-order valence-electron chi connectivity index (χ1n) is 7.69. The maximum absolute atomic E-state index is 6.19. The lowest BCUT2D eigenvalue weighted by Crippen LogP contribution is -2.42. The Morgan fingerprint density at radius 2 is 2.10 bits per heavy atom. The van der Waals surface area contributed by atoms with Crippen LogP contribution in [0.5, 0.6) is 0 Å². The molecule has 5 heteroatoms. The van der Waals surface area contributed by atoms with Crippen molar-refractivity contribution < 1.29 is 4.74 Å². The molecule has 0 radical (unpaired) electrons. The van der Waals surface area contributed by atoms with Crippen molar-refractivity contribution in [2.24, 2.45) is 5.73 Å². The molecule has 0 spiro atoms. The van der Waals surface area contributed by atoms with Crippen LogP contribution in [0.1, 0.15) is 37.5 Å². The molecule has 2 heterocycles. The minimum absolute atomic E-state index is 0.0493. The van der Waals surface area contributed by atoms with Crippen LogP contribution in [0.4, 0.5) is 0 Å². The van der Waals surface area contributed by atoms with Gasteiger partial charge in [0.1, 0.15) is 5.82 Å². The summed E-state index contributed by atoms with van der Waals surface area (Å²) in [5.74, 6) is 1.15. The van der Waals surface area contributed by atoms with Crippen LogP contribution < -0.4 is 5.73 Å². The van der Waals surface area contributed by atoms with E-state index in [1.807, 2.05) is 18.2 Å². The number of imidazole rings is 1. The Kier molecular flexibility index (Phi) is 3.21. The highest BCUT2D eigenvalue weighted by atomic mass is 35.5. The molecule has 4 nitrogen and oxygen atoms in total. The molecular formula is C16H20ClN3O. The van der Waals surface area contributed by atoms with E-state index in [0.29, 0.717) is 12.6 Å². The maximum Gasteiger partial charge on any atom is 0.117 e. The van der Waals surface area contributed by atoms with Gasteiger partial charge in [0.15, 0.2) is 0 Å². The number of hydrogen-bond acceptors (Lipinski definition) is 3. The fourth-order valence-corrected chi connectivity index (χ4v) is 3.59. The molecule has 1 aliphatic carbocycles. The number of halogens is 1. The number of hydrogen-bond donors (Lipinski definition) is 1. The third kappa shape index (κ3) is 2.17. The molecule has 1 aromatic carbocycles. The summed E-state index contributed by atoms with van der Waals surface area (Å²) in [4.78, 5) is 4.95. The van der Waals surface area contributed by atoms with Crippen molar-refractivity contribution in [2.75, 3.05) is 19.8 Å². The summed E-state index contributed by atoms with van der Waals surface area (Å²) in [5.41, 5.74) is 8.31. The van der Waals surface area contributed by atoms with Crippen molar-refractivity contribution in [2.45, 2.75) is 37.1 Å². The van der Waals surface area contributed by atoms with Crippen LogP contribution in [0, 0.1) is 0 Å². The molecule has 2 aromatic rings. The molecule has 2 N–H and O–H groups in total. The van der Waals surface area contributed by atoms with Gasteiger partial charge in [-0.2, -0.15) is 0 Å². The zero-order valence-electron chi connectivity index (χ0n) is 12.0. The molecule has 2 fully saturated rings. The van der Waals surface area contributed by atoms with Crippen molar-refractivity contribution in [3.8, 4) is 0 Å². The number of fused-ring (bicyclic) bond motifs is 1. The van der Waals surface area contributed by atoms with E-state index in [4.69, 9.17) is 27.1 Å². The summed E-state index contributed by atoms with van der Waals surface area (Å²) in [7, 11) is 0. The van der Waals surface area contributed by atoms with E-state index in [1.54, 1.807) is 0 Å². The molecule has 1 aliphatic heterocycles. The summed E-state index contributed by atoms with van der Waals surface area (Å²) < 4.78 is 7.95. The Hall–Kier alpha value is -1.10. The number of ether oxygens (including phenoxy) is 1. The number of benzene rings is 1. The summed E-state index contributed by atoms with van der Waals surface area (Å²) in [6.45, 7) is 2.16. The van der Waals surface area contributed by atoms with Gasteiger partial charge in [0, 0.05) is 36.2 Å². The maximum atomic E-state index is 6.19. The Morgan fingerprint density at radius 1 is 1.33 bits per heavy atom. The van der Waals surface area contributed by atoms with E-state index in [0.717, 1.165) is 47.9 Å². The molecule has 4 rings (SSSR count). The first-order valence-corrected chi connectivity index (χ1v) is 8.07. The minimum atomic E-state index is -0.0493. The van der Waals surface area contributed by atoms with E-state index >= 15 is 0 Å². The van der Waals surface area contributed by atoms with Crippen LogP contribution in [-0.2, 0) is 10.2 Å². The van der Waals surface area contributed by atoms with E-state index in [1.165, 1.54) is 12.8 Å². The second-order valence-electron chi connectivity index (χ2n) is 6.27. The van der Waals surface area contributed by atoms with Gasteiger partial charge in [-0.25, -0.2) is 4.98 Å². The van der Waals surface area contributed by atoms with Crippen LogP contribution in [0.15, 0.2) is 18.2 Å². The van der Waals surface area contributed by atoms with E-state index in [2.05, 4.69) is 4.57 Å². The smallest absolute Gasteiger partial charge is 0.117 e. The average molecular weight is 306 g/mol. The van der Waals surface area contributed by atoms with Crippen LogP contribution in [0.25, 0.3) is 11.0 Å². The predicted molar refractivity (Wildman–Crippen MR) is 83.8 cm³/mol. The second-order valence-corrected chi connectivity index (χ2v) is 6.70. The van der Waals surface area contributed by atoms with Crippen molar-refractivity contribution in [3.63, 3.8) is 0 Å². The van der Waals surface area contributed by atoms with Gasteiger partial charge in [-0.3, -0.25) is 0 Å². The Morgan fingerprint density at radius 3 is 2.76 bits per heavy atom. The highest BCUT2D eigenvalue weighted by molar-refractivity contribution is 6.31. The third-order valence-corrected chi connectivity index (χ3v) is 5.11. The molecule has 0 amide bonds. The number of nitrogens with zero attached hydrogens (tertiary/aromatic N) is 2. The lowest BCUT2D eigenvalue weighted by atomic mass is 9.79. The standard InChI is InChI=1S/C16H20ClN3O/c17-11-1-4-13-14(9-11)20(12-2-3-12)15(19-13)16(10-18)5-7-21-8-6-16/h1,4,9,12H,2-3,5-8,10,18H2. The number of aromatic nitrogens is 2. The molecule has 21 heavy (non-hydrogen) atoms. The SMILES string of the molecule is NCC1(c2nc3ccc(Cl)cc3n2C2CC2)CCOCC1. The molecule has 1 saturated carbocycles. The van der Waals surface area contributed by atoms with Gasteiger partial charge in [-0.1, -0.05) is 11.6 Å². The number of nitrogens with two attached hydrogens (primary N) is 1. The molecule has 1 aromatic heterocycles. The highest BCUT2D eigenvalue weighted by Gasteiger charge is 2.40. The monoisotopic (exact) mass is 305 g/mol. The zero-order valence-corrected chi connectivity index (χ0v) is 12.8. The zero-order chi connectivity index (χ0) is 14.4. The fraction of sp³-hybridized carbons (Fsp3) is 0.562. The van der Waals surface area contributed by atoms with Gasteiger partial charge in [0.2, 0.25) is 0 Å². The van der Waals surface area contributed by atoms with Crippen LogP contribution >= 0.6 is 11.6 Å². The quantitative estimate of drug-likeness (QED) is 0.948. The lowest BCUT2D eigenvalue weighted by molar-refractivity contribution is 0.0488. The summed E-state index contributed by atoms with van der Waals surface area (Å²) in [6.07, 6.45) is 4.35. The average Bonchev–Trinajstić information content (AvgIpc) is 3.28. The van der Waals surface area contributed by atoms with E-state index in [9.17, 15) is 0 Å². The van der Waals surface area contributed by atoms with Crippen molar-refractivity contribution in [3.05, 3.63) is 29.0 Å². The minimum Gasteiger partial charge on any atom is -0.381 e. The molecule has 0 atom stereocenters. The Bertz CT molecular complexity index is 671. The van der Waals surface area contributed by atoms with Crippen molar-refractivity contribution >= 4 is 22.6 Å². The first-order chi connectivity index (χ1) is 10.2. The Labute approximate surface area is 129 Å². The largest absolute Gasteiger partial charge is 0.381 e. The van der Waals surface area contributed by atoms with Gasteiger partial charge in [0.05, 0.1) is 11.0 Å². The fourth-order valence-electron chi connectivity index (χ4n) is 3.42. The van der Waals surface area contributed by atoms with Crippen LogP contribution in [0.2, 0.25) is 5.02 Å². The molecule has 2 aliphatic rings. The molecule has 1 saturated heterocycles. The van der Waals surface area contributed by atoms with Crippen molar-refractivity contribution in [1.82, 2.24) is 9.55 Å². The normalized spacial score (nSPS) is 21.8. The van der Waals surface area contributed by atoms with Crippen LogP contribution in [0.3, 0.4) is 0 Å². The molecular weight excluding hydrogens is 286 g/mol. The third-order valence-electron chi connectivity index (χ3n) is 4.88. The first kappa shape index (κ1) is 13.6. The molecule has 0 bridgehead atoms. The Balaban J connectivity index is 1.92. The van der Waals surface area contributed by atoms with Crippen molar-refractivity contribution in [1.29, 1.82) is 0 Å². The number of rotatable bonds is 3. The summed E-state index contributed by atoms with van der Waals surface area (Å²) in [6, 6.07) is 6.53. The van der Waals surface area contributed by atoms with E-state index < -0.39 is 0 Å². The molecule has 112 valence electrons. The van der Waals surface area contributed by atoms with Gasteiger partial charge in [-0.15, -0.1) is 0 Å². The van der Waals surface area contributed by atoms with Gasteiger partial charge < -0.3 is 15.0 Å². The van der Waals surface area contributed by atoms with Crippen LogP contribution in [-0.4, -0.2) is 29.3 Å². The highest BCUT2D eigenvalue weighted by Crippen LogP contribution is 2.44. The van der Waals surface area contributed by atoms with Gasteiger partial charge >= 0.3 is 0 Å². The predicted octanol–water partition coefficient (Wildman–Crippen LogP) is 3.03. The second kappa shape index (κ2) is 4.97. The molecule has 0 unspecified atom stereocenters. The summed E-state index contributed by atoms with van der Waals surface area (Å²) >= 11 is 6.19. The topological polar surface area (TPSA) is 53.1 Å².